The lowest BCUT2D eigenvalue weighted by atomic mass is 9.89. The molecule has 3 aromatic rings. The highest BCUT2D eigenvalue weighted by molar-refractivity contribution is 5.81. The minimum atomic E-state index is -0.830. The highest BCUT2D eigenvalue weighted by Crippen LogP contribution is 2.35. The molecule has 0 saturated carbocycles. The average molecular weight is 460 g/mol. The van der Waals surface area contributed by atoms with Crippen LogP contribution in [0.2, 0.25) is 0 Å². The maximum atomic E-state index is 12.2. The van der Waals surface area contributed by atoms with Gasteiger partial charge >= 0.3 is 5.97 Å². The molecule has 2 unspecified atom stereocenters. The Morgan fingerprint density at radius 3 is 2.53 bits per heavy atom. The second-order valence-electron chi connectivity index (χ2n) is 9.06. The van der Waals surface area contributed by atoms with Crippen molar-refractivity contribution in [1.82, 2.24) is 9.97 Å². The van der Waals surface area contributed by atoms with E-state index in [1.165, 1.54) is 0 Å². The normalized spacial score (nSPS) is 16.8. The van der Waals surface area contributed by atoms with Gasteiger partial charge in [0.15, 0.2) is 0 Å². The van der Waals surface area contributed by atoms with Crippen molar-refractivity contribution in [2.75, 3.05) is 18.0 Å². The Balaban J connectivity index is 1.70. The number of hydrogen-bond acceptors (Lipinski definition) is 5. The van der Waals surface area contributed by atoms with E-state index in [1.54, 1.807) is 0 Å². The molecular weight excluding hydrogens is 426 g/mol. The summed E-state index contributed by atoms with van der Waals surface area (Å²) < 4.78 is 6.22. The Kier molecular flexibility index (Phi) is 7.46. The minimum Gasteiger partial charge on any atom is -0.489 e. The standard InChI is InChI=1S/C28H33N3O3/c1-4-9-24(27(32)33)25-20(3)29-28(30-26(25)21-15-13-19(2)14-16-21)31-17-8-12-23(18-31)34-22-10-6-5-7-11-22/h5-7,10-11,13-16,23-24H,4,8-9,12,17-18H2,1-3H3,(H,32,33). The first-order valence-corrected chi connectivity index (χ1v) is 12.1. The zero-order valence-corrected chi connectivity index (χ0v) is 20.2. The molecule has 4 rings (SSSR count). The third kappa shape index (κ3) is 5.38. The van der Waals surface area contributed by atoms with Gasteiger partial charge in [-0.2, -0.15) is 0 Å². The number of carbonyl (C=O) groups is 1. The topological polar surface area (TPSA) is 75.5 Å². The molecule has 1 saturated heterocycles. The van der Waals surface area contributed by atoms with Crippen LogP contribution < -0.4 is 9.64 Å². The van der Waals surface area contributed by atoms with Crippen LogP contribution in [-0.4, -0.2) is 40.2 Å². The van der Waals surface area contributed by atoms with Crippen LogP contribution in [0.4, 0.5) is 5.95 Å². The fourth-order valence-electron chi connectivity index (χ4n) is 4.64. The third-order valence-corrected chi connectivity index (χ3v) is 6.38. The van der Waals surface area contributed by atoms with Gasteiger partial charge in [0, 0.05) is 23.4 Å². The summed E-state index contributed by atoms with van der Waals surface area (Å²) in [5.41, 5.74) is 4.23. The molecule has 2 aromatic carbocycles. The Morgan fingerprint density at radius 2 is 1.85 bits per heavy atom. The lowest BCUT2D eigenvalue weighted by Gasteiger charge is -2.33. The molecule has 1 aliphatic rings. The summed E-state index contributed by atoms with van der Waals surface area (Å²) in [7, 11) is 0. The maximum Gasteiger partial charge on any atom is 0.311 e. The van der Waals surface area contributed by atoms with Gasteiger partial charge in [-0.1, -0.05) is 61.4 Å². The number of carboxylic acid groups (broad SMARTS) is 1. The first-order valence-electron chi connectivity index (χ1n) is 12.1. The van der Waals surface area contributed by atoms with Gasteiger partial charge in [0.05, 0.1) is 18.2 Å². The van der Waals surface area contributed by atoms with Crippen LogP contribution in [0, 0.1) is 13.8 Å². The maximum absolute atomic E-state index is 12.2. The molecule has 1 N–H and O–H groups in total. The highest BCUT2D eigenvalue weighted by atomic mass is 16.5. The van der Waals surface area contributed by atoms with Gasteiger partial charge in [-0.15, -0.1) is 0 Å². The van der Waals surface area contributed by atoms with Crippen LogP contribution >= 0.6 is 0 Å². The van der Waals surface area contributed by atoms with Crippen LogP contribution in [0.5, 0.6) is 5.75 Å². The number of benzene rings is 2. The van der Waals surface area contributed by atoms with Crippen molar-refractivity contribution < 1.29 is 14.6 Å². The lowest BCUT2D eigenvalue weighted by Crippen LogP contribution is -2.42. The molecule has 2 heterocycles. The van der Waals surface area contributed by atoms with Crippen molar-refractivity contribution in [3.8, 4) is 17.0 Å². The van der Waals surface area contributed by atoms with Crippen molar-refractivity contribution in [2.24, 2.45) is 0 Å². The van der Waals surface area contributed by atoms with E-state index < -0.39 is 11.9 Å². The number of para-hydroxylation sites is 1. The molecule has 1 aromatic heterocycles. The van der Waals surface area contributed by atoms with E-state index in [2.05, 4.69) is 4.90 Å². The predicted octanol–water partition coefficient (Wildman–Crippen LogP) is 5.78. The number of nitrogens with zero attached hydrogens (tertiary/aromatic N) is 3. The molecule has 2 atom stereocenters. The molecule has 0 spiro atoms. The van der Waals surface area contributed by atoms with E-state index in [4.69, 9.17) is 14.7 Å². The van der Waals surface area contributed by atoms with E-state index in [9.17, 15) is 9.90 Å². The lowest BCUT2D eigenvalue weighted by molar-refractivity contribution is -0.139. The van der Waals surface area contributed by atoms with Gasteiger partial charge in [-0.25, -0.2) is 9.97 Å². The Hall–Kier alpha value is -3.41. The van der Waals surface area contributed by atoms with Gasteiger partial charge in [-0.3, -0.25) is 4.79 Å². The summed E-state index contributed by atoms with van der Waals surface area (Å²) in [6.45, 7) is 7.49. The van der Waals surface area contributed by atoms with Gasteiger partial charge in [0.2, 0.25) is 5.95 Å². The van der Waals surface area contributed by atoms with Crippen molar-refractivity contribution >= 4 is 11.9 Å². The van der Waals surface area contributed by atoms with Crippen molar-refractivity contribution in [3.05, 3.63) is 71.4 Å². The van der Waals surface area contributed by atoms with Gasteiger partial charge in [0.25, 0.3) is 0 Å². The molecule has 34 heavy (non-hydrogen) atoms. The van der Waals surface area contributed by atoms with Crippen molar-refractivity contribution in [2.45, 2.75) is 58.5 Å². The number of rotatable bonds is 8. The molecule has 6 heteroatoms. The summed E-state index contributed by atoms with van der Waals surface area (Å²) in [5, 5.41) is 10.0. The van der Waals surface area contributed by atoms with Crippen molar-refractivity contribution in [1.29, 1.82) is 0 Å². The first-order chi connectivity index (χ1) is 16.5. The number of hydrogen-bond donors (Lipinski definition) is 1. The molecule has 178 valence electrons. The van der Waals surface area contributed by atoms with Crippen LogP contribution in [0.25, 0.3) is 11.3 Å². The minimum absolute atomic E-state index is 0.0504. The summed E-state index contributed by atoms with van der Waals surface area (Å²) in [6.07, 6.45) is 3.33. The van der Waals surface area contributed by atoms with Crippen LogP contribution in [0.15, 0.2) is 54.6 Å². The second-order valence-corrected chi connectivity index (χ2v) is 9.06. The molecule has 0 amide bonds. The van der Waals surface area contributed by atoms with Crippen LogP contribution in [0.3, 0.4) is 0 Å². The van der Waals surface area contributed by atoms with E-state index in [-0.39, 0.29) is 6.10 Å². The number of aliphatic carboxylic acids is 1. The second kappa shape index (κ2) is 10.7. The van der Waals surface area contributed by atoms with E-state index >= 15 is 0 Å². The SMILES string of the molecule is CCCC(C(=O)O)c1c(C)nc(N2CCCC(Oc3ccccc3)C2)nc1-c1ccc(C)cc1. The first kappa shape index (κ1) is 23.7. The Labute approximate surface area is 201 Å². The molecule has 0 radical (unpaired) electrons. The quantitative estimate of drug-likeness (QED) is 0.460. The molecule has 6 nitrogen and oxygen atoms in total. The van der Waals surface area contributed by atoms with E-state index in [0.717, 1.165) is 59.6 Å². The predicted molar refractivity (Wildman–Crippen MR) is 135 cm³/mol. The Morgan fingerprint density at radius 1 is 1.12 bits per heavy atom. The number of anilines is 1. The number of ether oxygens (including phenoxy) is 1. The molecule has 1 fully saturated rings. The van der Waals surface area contributed by atoms with Gasteiger partial charge in [0.1, 0.15) is 11.9 Å². The molecule has 1 aliphatic heterocycles. The zero-order valence-electron chi connectivity index (χ0n) is 20.2. The summed E-state index contributed by atoms with van der Waals surface area (Å²) in [6, 6.07) is 18.0. The van der Waals surface area contributed by atoms with Crippen molar-refractivity contribution in [3.63, 3.8) is 0 Å². The monoisotopic (exact) mass is 459 g/mol. The largest absolute Gasteiger partial charge is 0.489 e. The fraction of sp³-hybridized carbons (Fsp3) is 0.393. The zero-order chi connectivity index (χ0) is 24.1. The molecule has 0 bridgehead atoms. The summed E-state index contributed by atoms with van der Waals surface area (Å²) in [4.78, 5) is 24.2. The number of aromatic nitrogens is 2. The number of aryl methyl sites for hydroxylation is 2. The number of piperidine rings is 1. The molecular formula is C28H33N3O3. The Bertz CT molecular complexity index is 1120. The number of carboxylic acids is 1. The van der Waals surface area contributed by atoms with Crippen LogP contribution in [0.1, 0.15) is 55.3 Å². The third-order valence-electron chi connectivity index (χ3n) is 6.38. The molecule has 0 aliphatic carbocycles. The summed E-state index contributed by atoms with van der Waals surface area (Å²) >= 11 is 0. The van der Waals surface area contributed by atoms with Crippen LogP contribution in [-0.2, 0) is 4.79 Å². The fourth-order valence-corrected chi connectivity index (χ4v) is 4.64. The van der Waals surface area contributed by atoms with Gasteiger partial charge in [-0.05, 0) is 45.2 Å². The van der Waals surface area contributed by atoms with Gasteiger partial charge < -0.3 is 14.7 Å². The smallest absolute Gasteiger partial charge is 0.311 e. The average Bonchev–Trinajstić information content (AvgIpc) is 2.84. The van der Waals surface area contributed by atoms with E-state index in [0.29, 0.717) is 18.9 Å². The highest BCUT2D eigenvalue weighted by Gasteiger charge is 2.29. The van der Waals surface area contributed by atoms with E-state index in [1.807, 2.05) is 75.4 Å². The summed E-state index contributed by atoms with van der Waals surface area (Å²) in [5.74, 6) is 0.0414.